The number of ether oxygens (including phenoxy) is 1. The maximum absolute atomic E-state index is 10.8. The largest absolute Gasteiger partial charge is 0.489 e. The average molecular weight is 287 g/mol. The van der Waals surface area contributed by atoms with E-state index in [1.165, 1.54) is 23.8 Å². The standard InChI is InChI=1S/C16H17NO4/c1-11-3-5-13(6-4-11)10-21-16-8-7-14(17(19)20)9-15(16)12(2)18/h3-9,12,18H,10H2,1-2H3/t12-/m1/s1. The molecule has 0 fully saturated rings. The molecule has 0 aromatic heterocycles. The number of benzene rings is 2. The lowest BCUT2D eigenvalue weighted by molar-refractivity contribution is -0.385. The van der Waals surface area contributed by atoms with Crippen molar-refractivity contribution in [1.82, 2.24) is 0 Å². The summed E-state index contributed by atoms with van der Waals surface area (Å²) in [5.74, 6) is 0.455. The minimum absolute atomic E-state index is 0.0615. The van der Waals surface area contributed by atoms with Gasteiger partial charge in [0.25, 0.3) is 5.69 Å². The lowest BCUT2D eigenvalue weighted by Crippen LogP contribution is -2.02. The topological polar surface area (TPSA) is 72.6 Å². The van der Waals surface area contributed by atoms with Gasteiger partial charge < -0.3 is 9.84 Å². The van der Waals surface area contributed by atoms with Gasteiger partial charge in [0.2, 0.25) is 0 Å². The number of rotatable bonds is 5. The van der Waals surface area contributed by atoms with Gasteiger partial charge in [0.15, 0.2) is 0 Å². The Labute approximate surface area is 123 Å². The van der Waals surface area contributed by atoms with Crippen LogP contribution in [0.1, 0.15) is 29.7 Å². The Bertz CT molecular complexity index is 635. The van der Waals surface area contributed by atoms with Crippen molar-refractivity contribution in [3.05, 3.63) is 69.3 Å². The van der Waals surface area contributed by atoms with Gasteiger partial charge in [-0.15, -0.1) is 0 Å². The maximum atomic E-state index is 10.8. The molecule has 0 aliphatic rings. The second-order valence-electron chi connectivity index (χ2n) is 4.93. The van der Waals surface area contributed by atoms with Crippen molar-refractivity contribution in [1.29, 1.82) is 0 Å². The minimum atomic E-state index is -0.835. The molecule has 0 aliphatic carbocycles. The molecule has 0 heterocycles. The monoisotopic (exact) mass is 287 g/mol. The summed E-state index contributed by atoms with van der Waals surface area (Å²) >= 11 is 0. The molecule has 0 aliphatic heterocycles. The van der Waals surface area contributed by atoms with Gasteiger partial charge in [0, 0.05) is 17.7 Å². The van der Waals surface area contributed by atoms with E-state index in [4.69, 9.17) is 4.74 Å². The van der Waals surface area contributed by atoms with Crippen molar-refractivity contribution < 1.29 is 14.8 Å². The number of aliphatic hydroxyl groups is 1. The lowest BCUT2D eigenvalue weighted by Gasteiger charge is -2.13. The third-order valence-electron chi connectivity index (χ3n) is 3.17. The molecule has 0 bridgehead atoms. The molecular formula is C16H17NO4. The first-order valence-electron chi connectivity index (χ1n) is 6.62. The Morgan fingerprint density at radius 2 is 1.90 bits per heavy atom. The van der Waals surface area contributed by atoms with E-state index in [-0.39, 0.29) is 5.69 Å². The van der Waals surface area contributed by atoms with Crippen LogP contribution in [0.2, 0.25) is 0 Å². The van der Waals surface area contributed by atoms with Crippen molar-refractivity contribution in [2.45, 2.75) is 26.6 Å². The van der Waals surface area contributed by atoms with Crippen LogP contribution in [-0.2, 0) is 6.61 Å². The Kier molecular flexibility index (Phi) is 4.55. The number of nitro benzene ring substituents is 1. The molecule has 0 spiro atoms. The molecule has 5 heteroatoms. The van der Waals surface area contributed by atoms with Gasteiger partial charge in [0.05, 0.1) is 11.0 Å². The van der Waals surface area contributed by atoms with Crippen molar-refractivity contribution in [3.8, 4) is 5.75 Å². The van der Waals surface area contributed by atoms with Crippen LogP contribution in [0, 0.1) is 17.0 Å². The normalized spacial score (nSPS) is 12.0. The second kappa shape index (κ2) is 6.37. The zero-order valence-electron chi connectivity index (χ0n) is 11.9. The summed E-state index contributed by atoms with van der Waals surface area (Å²) < 4.78 is 5.68. The third-order valence-corrected chi connectivity index (χ3v) is 3.17. The molecule has 0 saturated carbocycles. The Morgan fingerprint density at radius 1 is 1.24 bits per heavy atom. The van der Waals surface area contributed by atoms with Crippen LogP contribution in [0.3, 0.4) is 0 Å². The molecule has 0 saturated heterocycles. The molecule has 0 unspecified atom stereocenters. The minimum Gasteiger partial charge on any atom is -0.489 e. The molecule has 110 valence electrons. The molecule has 21 heavy (non-hydrogen) atoms. The first-order chi connectivity index (χ1) is 9.97. The molecule has 0 radical (unpaired) electrons. The van der Waals surface area contributed by atoms with E-state index in [9.17, 15) is 15.2 Å². The molecule has 2 rings (SSSR count). The fourth-order valence-corrected chi connectivity index (χ4v) is 1.95. The van der Waals surface area contributed by atoms with E-state index in [1.54, 1.807) is 6.92 Å². The molecule has 2 aromatic carbocycles. The number of aryl methyl sites for hydroxylation is 1. The van der Waals surface area contributed by atoms with Gasteiger partial charge >= 0.3 is 0 Å². The summed E-state index contributed by atoms with van der Waals surface area (Å²) in [6, 6.07) is 12.1. The summed E-state index contributed by atoms with van der Waals surface area (Å²) in [4.78, 5) is 10.3. The SMILES string of the molecule is Cc1ccc(COc2ccc([N+](=O)[O-])cc2[C@@H](C)O)cc1. The van der Waals surface area contributed by atoms with E-state index in [1.807, 2.05) is 31.2 Å². The molecular weight excluding hydrogens is 270 g/mol. The lowest BCUT2D eigenvalue weighted by atomic mass is 10.1. The number of nitro groups is 1. The van der Waals surface area contributed by atoms with E-state index in [0.717, 1.165) is 5.56 Å². The average Bonchev–Trinajstić information content (AvgIpc) is 2.46. The van der Waals surface area contributed by atoms with Crippen molar-refractivity contribution in [2.24, 2.45) is 0 Å². The summed E-state index contributed by atoms with van der Waals surface area (Å²) in [7, 11) is 0. The Hall–Kier alpha value is -2.40. The number of hydrogen-bond donors (Lipinski definition) is 1. The molecule has 1 N–H and O–H groups in total. The van der Waals surface area contributed by atoms with Gasteiger partial charge in [-0.25, -0.2) is 0 Å². The van der Waals surface area contributed by atoms with Crippen LogP contribution >= 0.6 is 0 Å². The highest BCUT2D eigenvalue weighted by atomic mass is 16.6. The first kappa shape index (κ1) is 15.0. The number of nitrogens with zero attached hydrogens (tertiary/aromatic N) is 1. The van der Waals surface area contributed by atoms with Crippen LogP contribution in [0.5, 0.6) is 5.75 Å². The van der Waals surface area contributed by atoms with E-state index >= 15 is 0 Å². The molecule has 5 nitrogen and oxygen atoms in total. The van der Waals surface area contributed by atoms with Crippen LogP contribution in [0.15, 0.2) is 42.5 Å². The Morgan fingerprint density at radius 3 is 2.48 bits per heavy atom. The molecule has 1 atom stereocenters. The van der Waals surface area contributed by atoms with E-state index in [0.29, 0.717) is 17.9 Å². The first-order valence-corrected chi connectivity index (χ1v) is 6.62. The summed E-state index contributed by atoms with van der Waals surface area (Å²) in [6.45, 7) is 3.90. The number of aliphatic hydroxyl groups excluding tert-OH is 1. The number of hydrogen-bond acceptors (Lipinski definition) is 4. The predicted molar refractivity (Wildman–Crippen MR) is 79.2 cm³/mol. The van der Waals surface area contributed by atoms with Crippen LogP contribution in [0.25, 0.3) is 0 Å². The summed E-state index contributed by atoms with van der Waals surface area (Å²) in [6.07, 6.45) is -0.835. The zero-order chi connectivity index (χ0) is 15.4. The van der Waals surface area contributed by atoms with Crippen LogP contribution in [0.4, 0.5) is 5.69 Å². The Balaban J connectivity index is 2.19. The van der Waals surface area contributed by atoms with Crippen molar-refractivity contribution >= 4 is 5.69 Å². The van der Waals surface area contributed by atoms with Gasteiger partial charge in [0.1, 0.15) is 12.4 Å². The van der Waals surface area contributed by atoms with Gasteiger partial charge in [-0.2, -0.15) is 0 Å². The van der Waals surface area contributed by atoms with E-state index < -0.39 is 11.0 Å². The fourth-order valence-electron chi connectivity index (χ4n) is 1.95. The summed E-state index contributed by atoms with van der Waals surface area (Å²) in [5, 5.41) is 20.5. The smallest absolute Gasteiger partial charge is 0.270 e. The molecule has 2 aromatic rings. The number of non-ortho nitro benzene ring substituents is 1. The second-order valence-corrected chi connectivity index (χ2v) is 4.93. The summed E-state index contributed by atoms with van der Waals surface area (Å²) in [5.41, 5.74) is 2.51. The van der Waals surface area contributed by atoms with E-state index in [2.05, 4.69) is 0 Å². The third kappa shape index (κ3) is 3.79. The predicted octanol–water partition coefficient (Wildman–Crippen LogP) is 3.54. The van der Waals surface area contributed by atoms with Crippen molar-refractivity contribution in [3.63, 3.8) is 0 Å². The highest BCUT2D eigenvalue weighted by Crippen LogP contribution is 2.29. The highest BCUT2D eigenvalue weighted by molar-refractivity contribution is 5.45. The highest BCUT2D eigenvalue weighted by Gasteiger charge is 2.15. The fraction of sp³-hybridized carbons (Fsp3) is 0.250. The van der Waals surface area contributed by atoms with Crippen molar-refractivity contribution in [2.75, 3.05) is 0 Å². The van der Waals surface area contributed by atoms with Crippen LogP contribution in [-0.4, -0.2) is 10.0 Å². The quantitative estimate of drug-likeness (QED) is 0.674. The maximum Gasteiger partial charge on any atom is 0.270 e. The van der Waals surface area contributed by atoms with Gasteiger partial charge in [-0.1, -0.05) is 29.8 Å². The van der Waals surface area contributed by atoms with Crippen LogP contribution < -0.4 is 4.74 Å². The van der Waals surface area contributed by atoms with Gasteiger partial charge in [-0.05, 0) is 25.5 Å². The van der Waals surface area contributed by atoms with Gasteiger partial charge in [-0.3, -0.25) is 10.1 Å². The zero-order valence-corrected chi connectivity index (χ0v) is 11.9. The molecule has 0 amide bonds.